The lowest BCUT2D eigenvalue weighted by Crippen LogP contribution is -2.38. The Hall–Kier alpha value is -3.60. The summed E-state index contributed by atoms with van der Waals surface area (Å²) in [6.45, 7) is 9.64. The number of aromatic amines is 1. The first kappa shape index (κ1) is 24.1. The van der Waals surface area contributed by atoms with E-state index in [4.69, 9.17) is 15.9 Å². The highest BCUT2D eigenvalue weighted by molar-refractivity contribution is 5.96. The monoisotopic (exact) mass is 483 g/mol. The predicted molar refractivity (Wildman–Crippen MR) is 143 cm³/mol. The van der Waals surface area contributed by atoms with Gasteiger partial charge in [0.15, 0.2) is 0 Å². The number of pyridine rings is 1. The first-order chi connectivity index (χ1) is 17.6. The highest BCUT2D eigenvalue weighted by Crippen LogP contribution is 2.33. The minimum Gasteiger partial charge on any atom is -0.489 e. The number of nitrogens with zero attached hydrogens (tertiary/aromatic N) is 4. The van der Waals surface area contributed by atoms with Crippen molar-refractivity contribution < 1.29 is 9.47 Å². The molecule has 1 unspecified atom stereocenters. The van der Waals surface area contributed by atoms with Crippen molar-refractivity contribution in [1.29, 1.82) is 0 Å². The van der Waals surface area contributed by atoms with Gasteiger partial charge in [-0.3, -0.25) is 9.58 Å². The van der Waals surface area contributed by atoms with Gasteiger partial charge in [-0.15, -0.1) is 6.42 Å². The Bertz CT molecular complexity index is 1360. The maximum atomic E-state index is 6.09. The second kappa shape index (κ2) is 11.0. The Morgan fingerprint density at radius 3 is 2.81 bits per heavy atom. The minimum atomic E-state index is 0.127. The van der Waals surface area contributed by atoms with Crippen molar-refractivity contribution >= 4 is 11.0 Å². The van der Waals surface area contributed by atoms with Crippen LogP contribution in [0.2, 0.25) is 0 Å². The van der Waals surface area contributed by atoms with E-state index in [1.165, 1.54) is 0 Å². The molecule has 0 saturated carbocycles. The number of terminal acetylenes is 1. The largest absolute Gasteiger partial charge is 0.489 e. The van der Waals surface area contributed by atoms with Crippen LogP contribution in [0.15, 0.2) is 49.1 Å². The average Bonchev–Trinajstić information content (AvgIpc) is 3.55. The second-order valence-corrected chi connectivity index (χ2v) is 9.34. The van der Waals surface area contributed by atoms with Gasteiger partial charge in [0.25, 0.3) is 0 Å². The molecule has 7 nitrogen and oxygen atoms in total. The zero-order valence-corrected chi connectivity index (χ0v) is 21.0. The summed E-state index contributed by atoms with van der Waals surface area (Å²) in [5.41, 5.74) is 5.78. The van der Waals surface area contributed by atoms with Gasteiger partial charge in [0.05, 0.1) is 37.6 Å². The SMILES string of the molecule is C#Cc1cc(-c2c[nH]c3ncc(-c4cnn(CCN5CCOCC5)c4)cc23)ccc1OC(C)CCC. The summed E-state index contributed by atoms with van der Waals surface area (Å²) in [4.78, 5) is 10.4. The molecule has 7 heteroatoms. The molecule has 1 N–H and O–H groups in total. The molecule has 0 spiro atoms. The maximum Gasteiger partial charge on any atom is 0.137 e. The van der Waals surface area contributed by atoms with Crippen LogP contribution in [0.3, 0.4) is 0 Å². The van der Waals surface area contributed by atoms with Gasteiger partial charge in [0.2, 0.25) is 0 Å². The van der Waals surface area contributed by atoms with Crippen LogP contribution in [0.1, 0.15) is 32.3 Å². The summed E-state index contributed by atoms with van der Waals surface area (Å²) in [7, 11) is 0. The normalized spacial score (nSPS) is 15.1. The van der Waals surface area contributed by atoms with Crippen molar-refractivity contribution in [3.63, 3.8) is 0 Å². The molecule has 0 radical (unpaired) electrons. The molecule has 1 aliphatic heterocycles. The highest BCUT2D eigenvalue weighted by Gasteiger charge is 2.14. The number of aromatic nitrogens is 4. The standard InChI is InChI=1S/C29H33N5O2/c1-4-6-21(3)36-28-8-7-23(15-22(28)5-2)27-19-31-29-26(27)16-24(17-30-29)25-18-32-34(20-25)10-9-33-11-13-35-14-12-33/h2,7-8,15-21H,4,6,9-14H2,1,3H3,(H,30,31). The molecule has 0 amide bonds. The van der Waals surface area contributed by atoms with Gasteiger partial charge >= 0.3 is 0 Å². The van der Waals surface area contributed by atoms with Gasteiger partial charge in [-0.1, -0.05) is 25.3 Å². The number of ether oxygens (including phenoxy) is 2. The van der Waals surface area contributed by atoms with E-state index < -0.39 is 0 Å². The molecular weight excluding hydrogens is 450 g/mol. The number of benzene rings is 1. The number of hydrogen-bond acceptors (Lipinski definition) is 5. The van der Waals surface area contributed by atoms with E-state index in [-0.39, 0.29) is 6.10 Å². The second-order valence-electron chi connectivity index (χ2n) is 9.34. The molecule has 5 rings (SSSR count). The Kier molecular flexibility index (Phi) is 7.36. The van der Waals surface area contributed by atoms with Gasteiger partial charge in [-0.05, 0) is 37.1 Å². The van der Waals surface area contributed by atoms with Crippen molar-refractivity contribution in [1.82, 2.24) is 24.6 Å². The Balaban J connectivity index is 1.37. The molecule has 36 heavy (non-hydrogen) atoms. The van der Waals surface area contributed by atoms with Gasteiger partial charge in [-0.2, -0.15) is 5.10 Å². The van der Waals surface area contributed by atoms with Crippen molar-refractivity contribution in [2.75, 3.05) is 32.8 Å². The first-order valence-corrected chi connectivity index (χ1v) is 12.7. The third-order valence-electron chi connectivity index (χ3n) is 6.72. The smallest absolute Gasteiger partial charge is 0.137 e. The molecule has 0 aliphatic carbocycles. The summed E-state index contributed by atoms with van der Waals surface area (Å²) in [6, 6.07) is 8.23. The van der Waals surface area contributed by atoms with Gasteiger partial charge in [0, 0.05) is 60.3 Å². The van der Waals surface area contributed by atoms with Crippen molar-refractivity contribution in [3.8, 4) is 40.3 Å². The zero-order chi connectivity index (χ0) is 24.9. The summed E-state index contributed by atoms with van der Waals surface area (Å²) in [5, 5.41) is 5.63. The van der Waals surface area contributed by atoms with E-state index in [2.05, 4.69) is 58.1 Å². The maximum absolute atomic E-state index is 6.09. The zero-order valence-electron chi connectivity index (χ0n) is 21.0. The Morgan fingerprint density at radius 1 is 1.14 bits per heavy atom. The molecule has 186 valence electrons. The molecule has 1 fully saturated rings. The molecule has 1 saturated heterocycles. The topological polar surface area (TPSA) is 68.2 Å². The molecule has 1 atom stereocenters. The summed E-state index contributed by atoms with van der Waals surface area (Å²) < 4.78 is 13.5. The molecule has 4 aromatic rings. The van der Waals surface area contributed by atoms with Crippen LogP contribution in [-0.4, -0.2) is 63.6 Å². The molecule has 1 aliphatic rings. The van der Waals surface area contributed by atoms with Crippen molar-refractivity contribution in [2.24, 2.45) is 0 Å². The van der Waals surface area contributed by atoms with Gasteiger partial charge in [0.1, 0.15) is 11.4 Å². The number of rotatable bonds is 9. The summed E-state index contributed by atoms with van der Waals surface area (Å²) >= 11 is 0. The number of fused-ring (bicyclic) bond motifs is 1. The Morgan fingerprint density at radius 2 is 2.00 bits per heavy atom. The van der Waals surface area contributed by atoms with Crippen LogP contribution in [0.5, 0.6) is 5.75 Å². The quantitative estimate of drug-likeness (QED) is 0.340. The van der Waals surface area contributed by atoms with Crippen LogP contribution in [-0.2, 0) is 11.3 Å². The van der Waals surface area contributed by atoms with Crippen LogP contribution in [0, 0.1) is 12.3 Å². The fourth-order valence-corrected chi connectivity index (χ4v) is 4.70. The van der Waals surface area contributed by atoms with Crippen LogP contribution < -0.4 is 4.74 Å². The molecule has 4 heterocycles. The fraction of sp³-hybridized carbons (Fsp3) is 0.379. The number of nitrogens with one attached hydrogen (secondary N) is 1. The van der Waals surface area contributed by atoms with Crippen LogP contribution in [0.25, 0.3) is 33.3 Å². The van der Waals surface area contributed by atoms with Crippen LogP contribution >= 0.6 is 0 Å². The van der Waals surface area contributed by atoms with Gasteiger partial charge < -0.3 is 14.5 Å². The van der Waals surface area contributed by atoms with E-state index in [0.29, 0.717) is 0 Å². The van der Waals surface area contributed by atoms with Crippen molar-refractivity contribution in [2.45, 2.75) is 39.3 Å². The lowest BCUT2D eigenvalue weighted by atomic mass is 10.0. The lowest BCUT2D eigenvalue weighted by molar-refractivity contribution is 0.0360. The fourth-order valence-electron chi connectivity index (χ4n) is 4.70. The third-order valence-corrected chi connectivity index (χ3v) is 6.72. The molecule has 0 bridgehead atoms. The molecule has 1 aromatic carbocycles. The number of H-pyrrole nitrogens is 1. The van der Waals surface area contributed by atoms with Crippen molar-refractivity contribution in [3.05, 3.63) is 54.6 Å². The summed E-state index contributed by atoms with van der Waals surface area (Å²) in [5.74, 6) is 3.55. The minimum absolute atomic E-state index is 0.127. The summed E-state index contributed by atoms with van der Waals surface area (Å²) in [6.07, 6.45) is 15.9. The van der Waals surface area contributed by atoms with E-state index >= 15 is 0 Å². The lowest BCUT2D eigenvalue weighted by Gasteiger charge is -2.26. The average molecular weight is 484 g/mol. The van der Waals surface area contributed by atoms with E-state index in [1.54, 1.807) is 0 Å². The Labute approximate surface area is 212 Å². The number of hydrogen-bond donors (Lipinski definition) is 1. The van der Waals surface area contributed by atoms with E-state index in [0.717, 1.165) is 96.8 Å². The predicted octanol–water partition coefficient (Wildman–Crippen LogP) is 4.97. The van der Waals surface area contributed by atoms with Crippen LogP contribution in [0.4, 0.5) is 0 Å². The van der Waals surface area contributed by atoms with Gasteiger partial charge in [-0.25, -0.2) is 4.98 Å². The number of morpholine rings is 1. The first-order valence-electron chi connectivity index (χ1n) is 12.7. The molecule has 3 aromatic heterocycles. The van der Waals surface area contributed by atoms with E-state index in [9.17, 15) is 0 Å². The molecular formula is C29H33N5O2. The van der Waals surface area contributed by atoms with E-state index in [1.807, 2.05) is 35.4 Å². The highest BCUT2D eigenvalue weighted by atomic mass is 16.5. The third kappa shape index (κ3) is 5.30.